The molecular formula is C40H22O3. The Labute approximate surface area is 245 Å². The molecule has 10 aromatic rings. The molecular weight excluding hydrogens is 528 g/mol. The Bertz CT molecular complexity index is 2680. The number of benzene rings is 7. The minimum absolute atomic E-state index is 0.828. The molecule has 10 rings (SSSR count). The molecule has 3 heterocycles. The van der Waals surface area contributed by atoms with Crippen LogP contribution in [-0.4, -0.2) is 0 Å². The molecule has 0 unspecified atom stereocenters. The zero-order valence-electron chi connectivity index (χ0n) is 22.9. The molecule has 0 spiro atoms. The van der Waals surface area contributed by atoms with Gasteiger partial charge in [-0.05, 0) is 45.8 Å². The standard InChI is InChI=1S/C40H22O3/c1-3-14-27-25(12-1)36(30-17-9-16-29-23-10-5-7-18-34(23)42-39(29)30)26-13-2-4-15-28(26)37(27)33-22-32-24-11-6-8-19-35(24)43-40(32)31-20-21-41-38(31)33/h1-22H. The van der Waals surface area contributed by atoms with Gasteiger partial charge in [0.1, 0.15) is 27.9 Å². The van der Waals surface area contributed by atoms with Crippen molar-refractivity contribution in [2.45, 2.75) is 0 Å². The predicted molar refractivity (Wildman–Crippen MR) is 177 cm³/mol. The molecule has 0 aliphatic carbocycles. The Balaban J connectivity index is 1.39. The van der Waals surface area contributed by atoms with E-state index in [9.17, 15) is 0 Å². The van der Waals surface area contributed by atoms with Gasteiger partial charge in [0.25, 0.3) is 0 Å². The summed E-state index contributed by atoms with van der Waals surface area (Å²) in [4.78, 5) is 0. The largest absolute Gasteiger partial charge is 0.464 e. The summed E-state index contributed by atoms with van der Waals surface area (Å²) in [6.07, 6.45) is 1.77. The maximum absolute atomic E-state index is 6.55. The van der Waals surface area contributed by atoms with Gasteiger partial charge in [0, 0.05) is 43.8 Å². The van der Waals surface area contributed by atoms with Crippen LogP contribution in [0.15, 0.2) is 147 Å². The predicted octanol–water partition coefficient (Wildman–Crippen LogP) is 11.9. The van der Waals surface area contributed by atoms with Crippen molar-refractivity contribution >= 4 is 76.4 Å². The fraction of sp³-hybridized carbons (Fsp3) is 0. The lowest BCUT2D eigenvalue weighted by Gasteiger charge is -2.18. The summed E-state index contributed by atoms with van der Waals surface area (Å²) < 4.78 is 19.2. The second kappa shape index (κ2) is 8.37. The number of para-hydroxylation sites is 3. The molecule has 0 amide bonds. The average molecular weight is 551 g/mol. The Kier molecular flexibility index (Phi) is 4.45. The Morgan fingerprint density at radius 3 is 1.49 bits per heavy atom. The van der Waals surface area contributed by atoms with Crippen molar-refractivity contribution in [3.8, 4) is 22.3 Å². The van der Waals surface area contributed by atoms with Gasteiger partial charge in [-0.3, -0.25) is 0 Å². The van der Waals surface area contributed by atoms with E-state index in [4.69, 9.17) is 13.3 Å². The summed E-state index contributed by atoms with van der Waals surface area (Å²) in [5.41, 5.74) is 8.84. The lowest BCUT2D eigenvalue weighted by molar-refractivity contribution is 0.616. The second-order valence-electron chi connectivity index (χ2n) is 11.2. The summed E-state index contributed by atoms with van der Waals surface area (Å²) in [5, 5.41) is 10.1. The smallest absolute Gasteiger partial charge is 0.146 e. The topological polar surface area (TPSA) is 39.4 Å². The zero-order valence-corrected chi connectivity index (χ0v) is 22.9. The fourth-order valence-corrected chi connectivity index (χ4v) is 7.15. The van der Waals surface area contributed by atoms with E-state index >= 15 is 0 Å². The summed E-state index contributed by atoms with van der Waals surface area (Å²) in [6, 6.07) is 44.7. The Morgan fingerprint density at radius 1 is 0.326 bits per heavy atom. The minimum Gasteiger partial charge on any atom is -0.464 e. The number of fused-ring (bicyclic) bond motifs is 10. The van der Waals surface area contributed by atoms with E-state index in [1.54, 1.807) is 6.26 Å². The molecule has 200 valence electrons. The number of rotatable bonds is 2. The molecule has 0 aliphatic heterocycles. The summed E-state index contributed by atoms with van der Waals surface area (Å²) in [5.74, 6) is 0. The number of hydrogen-bond donors (Lipinski definition) is 0. The molecule has 0 aliphatic rings. The number of furan rings is 3. The van der Waals surface area contributed by atoms with E-state index in [-0.39, 0.29) is 0 Å². The van der Waals surface area contributed by atoms with Crippen molar-refractivity contribution in [1.82, 2.24) is 0 Å². The van der Waals surface area contributed by atoms with Crippen LogP contribution in [-0.2, 0) is 0 Å². The summed E-state index contributed by atoms with van der Waals surface area (Å²) >= 11 is 0. The van der Waals surface area contributed by atoms with E-state index in [1.807, 2.05) is 30.3 Å². The van der Waals surface area contributed by atoms with Crippen molar-refractivity contribution in [2.24, 2.45) is 0 Å². The van der Waals surface area contributed by atoms with Crippen LogP contribution in [0.4, 0.5) is 0 Å². The van der Waals surface area contributed by atoms with Crippen molar-refractivity contribution in [3.63, 3.8) is 0 Å². The van der Waals surface area contributed by atoms with Gasteiger partial charge < -0.3 is 13.3 Å². The van der Waals surface area contributed by atoms with Gasteiger partial charge in [-0.1, -0.05) is 103 Å². The van der Waals surface area contributed by atoms with Gasteiger partial charge in [-0.15, -0.1) is 0 Å². The average Bonchev–Trinajstić information content (AvgIpc) is 3.79. The van der Waals surface area contributed by atoms with Crippen LogP contribution in [0.25, 0.3) is 98.6 Å². The van der Waals surface area contributed by atoms with Crippen LogP contribution in [0.5, 0.6) is 0 Å². The molecule has 0 N–H and O–H groups in total. The molecule has 3 heteroatoms. The summed E-state index contributed by atoms with van der Waals surface area (Å²) in [7, 11) is 0. The first-order valence-corrected chi connectivity index (χ1v) is 14.5. The van der Waals surface area contributed by atoms with Crippen LogP contribution < -0.4 is 0 Å². The van der Waals surface area contributed by atoms with Crippen LogP contribution >= 0.6 is 0 Å². The third-order valence-corrected chi connectivity index (χ3v) is 8.95. The van der Waals surface area contributed by atoms with Crippen molar-refractivity contribution in [2.75, 3.05) is 0 Å². The van der Waals surface area contributed by atoms with Crippen molar-refractivity contribution < 1.29 is 13.3 Å². The summed E-state index contributed by atoms with van der Waals surface area (Å²) in [6.45, 7) is 0. The highest BCUT2D eigenvalue weighted by Crippen LogP contribution is 2.49. The van der Waals surface area contributed by atoms with Gasteiger partial charge in [0.2, 0.25) is 0 Å². The van der Waals surface area contributed by atoms with Gasteiger partial charge in [-0.25, -0.2) is 0 Å². The molecule has 0 atom stereocenters. The highest BCUT2D eigenvalue weighted by atomic mass is 16.3. The van der Waals surface area contributed by atoms with E-state index < -0.39 is 0 Å². The molecule has 7 aromatic carbocycles. The molecule has 0 saturated heterocycles. The second-order valence-corrected chi connectivity index (χ2v) is 11.2. The third-order valence-electron chi connectivity index (χ3n) is 8.95. The van der Waals surface area contributed by atoms with Crippen LogP contribution in [0.1, 0.15) is 0 Å². The van der Waals surface area contributed by atoms with Crippen LogP contribution in [0.3, 0.4) is 0 Å². The lowest BCUT2D eigenvalue weighted by atomic mass is 9.85. The zero-order chi connectivity index (χ0) is 28.1. The Hall–Kier alpha value is -5.80. The monoisotopic (exact) mass is 550 g/mol. The maximum Gasteiger partial charge on any atom is 0.146 e. The molecule has 3 aromatic heterocycles. The third kappa shape index (κ3) is 3.03. The number of hydrogen-bond acceptors (Lipinski definition) is 3. The van der Waals surface area contributed by atoms with Gasteiger partial charge in [0.05, 0.1) is 11.6 Å². The van der Waals surface area contributed by atoms with Crippen molar-refractivity contribution in [1.29, 1.82) is 0 Å². The van der Waals surface area contributed by atoms with Gasteiger partial charge >= 0.3 is 0 Å². The molecule has 0 bridgehead atoms. The Morgan fingerprint density at radius 2 is 0.837 bits per heavy atom. The van der Waals surface area contributed by atoms with E-state index in [2.05, 4.69) is 97.1 Å². The molecule has 0 radical (unpaired) electrons. The normalized spacial score (nSPS) is 12.2. The first kappa shape index (κ1) is 22.8. The highest BCUT2D eigenvalue weighted by Gasteiger charge is 2.23. The van der Waals surface area contributed by atoms with Crippen LogP contribution in [0, 0.1) is 0 Å². The first-order chi connectivity index (χ1) is 21.3. The van der Waals surface area contributed by atoms with E-state index in [0.717, 1.165) is 82.3 Å². The molecule has 3 nitrogen and oxygen atoms in total. The lowest BCUT2D eigenvalue weighted by Crippen LogP contribution is -1.91. The van der Waals surface area contributed by atoms with Gasteiger partial charge in [0.15, 0.2) is 0 Å². The SMILES string of the molecule is c1ccc2c(c1)oc1c(-c3c4ccccc4c(-c4cc5c6ccccc6oc5c5ccoc45)c4ccccc34)cccc12. The first-order valence-electron chi connectivity index (χ1n) is 14.5. The fourth-order valence-electron chi connectivity index (χ4n) is 7.15. The van der Waals surface area contributed by atoms with E-state index in [1.165, 1.54) is 16.3 Å². The van der Waals surface area contributed by atoms with E-state index in [0.29, 0.717) is 0 Å². The maximum atomic E-state index is 6.55. The highest BCUT2D eigenvalue weighted by molar-refractivity contribution is 6.27. The van der Waals surface area contributed by atoms with Gasteiger partial charge in [-0.2, -0.15) is 0 Å². The molecule has 0 fully saturated rings. The molecule has 0 saturated carbocycles. The quantitative estimate of drug-likeness (QED) is 0.201. The van der Waals surface area contributed by atoms with Crippen molar-refractivity contribution in [3.05, 3.63) is 134 Å². The molecule has 43 heavy (non-hydrogen) atoms. The minimum atomic E-state index is 0.828. The van der Waals surface area contributed by atoms with Crippen LogP contribution in [0.2, 0.25) is 0 Å².